The maximum Gasteiger partial charge on any atom is 0.251 e. The van der Waals surface area contributed by atoms with Gasteiger partial charge in [0.1, 0.15) is 17.6 Å². The monoisotopic (exact) mass is 428 g/mol. The van der Waals surface area contributed by atoms with E-state index in [2.05, 4.69) is 15.4 Å². The van der Waals surface area contributed by atoms with Crippen molar-refractivity contribution >= 4 is 11.8 Å². The van der Waals surface area contributed by atoms with E-state index in [0.717, 1.165) is 36.7 Å². The van der Waals surface area contributed by atoms with E-state index in [9.17, 15) is 9.59 Å². The van der Waals surface area contributed by atoms with Gasteiger partial charge in [0, 0.05) is 43.9 Å². The molecule has 31 heavy (non-hydrogen) atoms. The molecule has 1 fully saturated rings. The van der Waals surface area contributed by atoms with E-state index in [1.807, 2.05) is 32.6 Å². The number of nitrogens with one attached hydrogen (secondary N) is 1. The van der Waals surface area contributed by atoms with Gasteiger partial charge in [-0.3, -0.25) is 14.5 Å². The van der Waals surface area contributed by atoms with Crippen molar-refractivity contribution in [3.63, 3.8) is 0 Å². The Labute approximate surface area is 183 Å². The van der Waals surface area contributed by atoms with Crippen LogP contribution in [-0.4, -0.2) is 66.1 Å². The van der Waals surface area contributed by atoms with Gasteiger partial charge in [-0.2, -0.15) is 0 Å². The van der Waals surface area contributed by atoms with Crippen molar-refractivity contribution < 1.29 is 18.8 Å². The molecule has 0 saturated carbocycles. The first kappa shape index (κ1) is 22.8. The van der Waals surface area contributed by atoms with Crippen LogP contribution in [0.3, 0.4) is 0 Å². The number of methoxy groups -OCH3 is 1. The second-order valence-corrected chi connectivity index (χ2v) is 8.33. The molecular formula is C23H32N4O4. The van der Waals surface area contributed by atoms with Gasteiger partial charge in [0.2, 0.25) is 5.91 Å². The van der Waals surface area contributed by atoms with E-state index in [0.29, 0.717) is 24.4 Å². The minimum Gasteiger partial charge on any atom is -0.497 e. The predicted octanol–water partition coefficient (Wildman–Crippen LogP) is 2.40. The van der Waals surface area contributed by atoms with Gasteiger partial charge in [-0.05, 0) is 44.0 Å². The predicted molar refractivity (Wildman–Crippen MR) is 117 cm³/mol. The molecular weight excluding hydrogens is 396 g/mol. The molecule has 0 aliphatic carbocycles. The second kappa shape index (κ2) is 9.96. The van der Waals surface area contributed by atoms with Gasteiger partial charge in [0.15, 0.2) is 0 Å². The van der Waals surface area contributed by atoms with E-state index in [-0.39, 0.29) is 17.7 Å². The first-order valence-electron chi connectivity index (χ1n) is 10.7. The highest BCUT2D eigenvalue weighted by molar-refractivity contribution is 5.97. The van der Waals surface area contributed by atoms with E-state index < -0.39 is 6.04 Å². The average Bonchev–Trinajstić information content (AvgIpc) is 3.09. The summed E-state index contributed by atoms with van der Waals surface area (Å²) in [6.45, 7) is 11.3. The van der Waals surface area contributed by atoms with Crippen LogP contribution in [0.25, 0.3) is 0 Å². The number of carbonyl (C=O) groups excluding carboxylic acids is 2. The number of amides is 2. The second-order valence-electron chi connectivity index (χ2n) is 8.33. The van der Waals surface area contributed by atoms with Crippen molar-refractivity contribution in [3.05, 3.63) is 46.8 Å². The molecule has 2 aromatic rings. The van der Waals surface area contributed by atoms with Crippen LogP contribution in [0, 0.1) is 19.8 Å². The van der Waals surface area contributed by atoms with Crippen molar-refractivity contribution in [2.24, 2.45) is 5.92 Å². The highest BCUT2D eigenvalue weighted by atomic mass is 16.5. The number of piperazine rings is 1. The molecule has 0 radical (unpaired) electrons. The van der Waals surface area contributed by atoms with Gasteiger partial charge >= 0.3 is 0 Å². The average molecular weight is 429 g/mol. The molecule has 1 aliphatic rings. The SMILES string of the molecule is COc1ccc(C(=O)NC(C(=O)N2CCN(Cc3c(C)noc3C)CC2)C(C)C)cc1. The molecule has 1 aromatic carbocycles. The molecule has 8 heteroatoms. The van der Waals surface area contributed by atoms with Crippen LogP contribution in [0.15, 0.2) is 28.8 Å². The van der Waals surface area contributed by atoms with Crippen molar-refractivity contribution in [2.75, 3.05) is 33.3 Å². The summed E-state index contributed by atoms with van der Waals surface area (Å²) >= 11 is 0. The quantitative estimate of drug-likeness (QED) is 0.729. The zero-order valence-electron chi connectivity index (χ0n) is 19.0. The third kappa shape index (κ3) is 5.44. The van der Waals surface area contributed by atoms with E-state index in [1.54, 1.807) is 31.4 Å². The number of hydrogen-bond acceptors (Lipinski definition) is 6. The lowest BCUT2D eigenvalue weighted by atomic mass is 10.0. The van der Waals surface area contributed by atoms with Gasteiger partial charge in [0.25, 0.3) is 5.91 Å². The van der Waals surface area contributed by atoms with Crippen LogP contribution in [-0.2, 0) is 11.3 Å². The van der Waals surface area contributed by atoms with Crippen LogP contribution in [0.5, 0.6) is 5.75 Å². The Bertz CT molecular complexity index is 879. The first-order valence-corrected chi connectivity index (χ1v) is 10.7. The molecule has 3 rings (SSSR count). The van der Waals surface area contributed by atoms with Crippen molar-refractivity contribution in [1.82, 2.24) is 20.3 Å². The number of aryl methyl sites for hydroxylation is 2. The number of nitrogens with zero attached hydrogens (tertiary/aromatic N) is 3. The van der Waals surface area contributed by atoms with Crippen LogP contribution in [0.1, 0.15) is 41.2 Å². The maximum absolute atomic E-state index is 13.2. The zero-order chi connectivity index (χ0) is 22.5. The summed E-state index contributed by atoms with van der Waals surface area (Å²) in [5.41, 5.74) is 2.53. The normalized spacial score (nSPS) is 15.7. The fourth-order valence-corrected chi connectivity index (χ4v) is 3.75. The number of ether oxygens (including phenoxy) is 1. The lowest BCUT2D eigenvalue weighted by molar-refractivity contribution is -0.136. The third-order valence-electron chi connectivity index (χ3n) is 5.82. The molecule has 168 valence electrons. The van der Waals surface area contributed by atoms with Crippen molar-refractivity contribution in [3.8, 4) is 5.75 Å². The number of carbonyl (C=O) groups is 2. The minimum absolute atomic E-state index is 0.0185. The summed E-state index contributed by atoms with van der Waals surface area (Å²) in [7, 11) is 1.58. The minimum atomic E-state index is -0.566. The lowest BCUT2D eigenvalue weighted by Crippen LogP contribution is -2.56. The van der Waals surface area contributed by atoms with Crippen LogP contribution >= 0.6 is 0 Å². The molecule has 1 aliphatic heterocycles. The summed E-state index contributed by atoms with van der Waals surface area (Å²) in [4.78, 5) is 30.0. The maximum atomic E-state index is 13.2. The van der Waals surface area contributed by atoms with E-state index >= 15 is 0 Å². The van der Waals surface area contributed by atoms with Crippen molar-refractivity contribution in [1.29, 1.82) is 0 Å². The Balaban J connectivity index is 1.58. The summed E-state index contributed by atoms with van der Waals surface area (Å²) in [5, 5.41) is 6.94. The summed E-state index contributed by atoms with van der Waals surface area (Å²) in [6.07, 6.45) is 0. The Hall–Kier alpha value is -2.87. The zero-order valence-corrected chi connectivity index (χ0v) is 19.0. The Morgan fingerprint density at radius 1 is 1.13 bits per heavy atom. The summed E-state index contributed by atoms with van der Waals surface area (Å²) in [5.74, 6) is 1.22. The van der Waals surface area contributed by atoms with Crippen molar-refractivity contribution in [2.45, 2.75) is 40.3 Å². The van der Waals surface area contributed by atoms with Crippen LogP contribution in [0.4, 0.5) is 0 Å². The van der Waals surface area contributed by atoms with E-state index in [4.69, 9.17) is 9.26 Å². The standard InChI is InChI=1S/C23H32N4O4/c1-15(2)21(24-22(28)18-6-8-19(30-5)9-7-18)23(29)27-12-10-26(11-13-27)14-20-16(3)25-31-17(20)4/h6-9,15,21H,10-14H2,1-5H3,(H,24,28). The topological polar surface area (TPSA) is 87.9 Å². The van der Waals surface area contributed by atoms with Gasteiger partial charge in [-0.15, -0.1) is 0 Å². The van der Waals surface area contributed by atoms with Gasteiger partial charge in [0.05, 0.1) is 12.8 Å². The van der Waals surface area contributed by atoms with Gasteiger partial charge < -0.3 is 19.5 Å². The number of hydrogen-bond donors (Lipinski definition) is 1. The molecule has 2 heterocycles. The molecule has 1 unspecified atom stereocenters. The number of aromatic nitrogens is 1. The molecule has 0 spiro atoms. The summed E-state index contributed by atoms with van der Waals surface area (Å²) < 4.78 is 10.4. The molecule has 0 bridgehead atoms. The molecule has 8 nitrogen and oxygen atoms in total. The largest absolute Gasteiger partial charge is 0.497 e. The first-order chi connectivity index (χ1) is 14.8. The fourth-order valence-electron chi connectivity index (χ4n) is 3.75. The number of rotatable bonds is 7. The molecule has 1 atom stereocenters. The van der Waals surface area contributed by atoms with Gasteiger partial charge in [-0.25, -0.2) is 0 Å². The molecule has 2 amide bonds. The Morgan fingerprint density at radius 3 is 2.29 bits per heavy atom. The van der Waals surface area contributed by atoms with Crippen LogP contribution < -0.4 is 10.1 Å². The van der Waals surface area contributed by atoms with E-state index in [1.165, 1.54) is 0 Å². The molecule has 1 aromatic heterocycles. The lowest BCUT2D eigenvalue weighted by Gasteiger charge is -2.37. The molecule has 1 saturated heterocycles. The van der Waals surface area contributed by atoms with Crippen LogP contribution in [0.2, 0.25) is 0 Å². The summed E-state index contributed by atoms with van der Waals surface area (Å²) in [6, 6.07) is 6.30. The highest BCUT2D eigenvalue weighted by Crippen LogP contribution is 2.18. The third-order valence-corrected chi connectivity index (χ3v) is 5.82. The van der Waals surface area contributed by atoms with Gasteiger partial charge in [-0.1, -0.05) is 19.0 Å². The Kier molecular flexibility index (Phi) is 7.33. The fraction of sp³-hybridized carbons (Fsp3) is 0.522. The molecule has 1 N–H and O–H groups in total. The smallest absolute Gasteiger partial charge is 0.251 e. The Morgan fingerprint density at radius 2 is 1.77 bits per heavy atom. The number of benzene rings is 1. The highest BCUT2D eigenvalue weighted by Gasteiger charge is 2.31.